The Labute approximate surface area is 236 Å². The van der Waals surface area contributed by atoms with Gasteiger partial charge in [0.2, 0.25) is 5.91 Å². The molecule has 7 nitrogen and oxygen atoms in total. The van der Waals surface area contributed by atoms with Gasteiger partial charge in [-0.3, -0.25) is 14.5 Å². The summed E-state index contributed by atoms with van der Waals surface area (Å²) in [5.74, 6) is 0.390. The van der Waals surface area contributed by atoms with Gasteiger partial charge in [0.25, 0.3) is 5.91 Å². The first-order chi connectivity index (χ1) is 19.3. The minimum atomic E-state index is -0.341. The summed E-state index contributed by atoms with van der Waals surface area (Å²) in [6.45, 7) is 5.70. The number of anilines is 1. The highest BCUT2D eigenvalue weighted by molar-refractivity contribution is 6.00. The summed E-state index contributed by atoms with van der Waals surface area (Å²) in [6, 6.07) is 23.9. The normalized spacial score (nSPS) is 19.8. The van der Waals surface area contributed by atoms with Crippen molar-refractivity contribution in [1.82, 2.24) is 9.80 Å². The first kappa shape index (κ1) is 27.9. The van der Waals surface area contributed by atoms with Gasteiger partial charge >= 0.3 is 0 Å². The highest BCUT2D eigenvalue weighted by atomic mass is 16.5. The fourth-order valence-corrected chi connectivity index (χ4v) is 5.22. The third-order valence-electron chi connectivity index (χ3n) is 7.89. The molecule has 2 N–H and O–H groups in total. The van der Waals surface area contributed by atoms with Crippen LogP contribution in [0.5, 0.6) is 5.75 Å². The average Bonchev–Trinajstić information content (AvgIpc) is 3.82. The van der Waals surface area contributed by atoms with Crippen molar-refractivity contribution < 1.29 is 19.4 Å². The second-order valence-electron chi connectivity index (χ2n) is 11.4. The first-order valence-corrected chi connectivity index (χ1v) is 14.2. The number of likely N-dealkylation sites (N-methyl/N-ethyl adjacent to an activating group) is 1. The Kier molecular flexibility index (Phi) is 8.52. The fourth-order valence-electron chi connectivity index (χ4n) is 5.22. The Hall–Kier alpha value is -3.68. The molecule has 0 saturated heterocycles. The monoisotopic (exact) mass is 541 g/mol. The molecule has 5 rings (SSSR count). The number of hydrogen-bond donors (Lipinski definition) is 2. The molecule has 0 radical (unpaired) electrons. The van der Waals surface area contributed by atoms with Crippen molar-refractivity contribution in [2.75, 3.05) is 32.1 Å². The van der Waals surface area contributed by atoms with Gasteiger partial charge in [-0.05, 0) is 61.7 Å². The third kappa shape index (κ3) is 6.54. The summed E-state index contributed by atoms with van der Waals surface area (Å²) in [6.07, 6.45) is 1.64. The SMILES string of the molecule is C[C@@H]1CN([C@H](C)CO)C(=O)c2cc(NC(=O)C3CC3)ccc2O[C@@H]1CN(C)Cc1ccc(-c2ccccc2)cc1. The van der Waals surface area contributed by atoms with Gasteiger partial charge in [0, 0.05) is 37.2 Å². The third-order valence-corrected chi connectivity index (χ3v) is 7.89. The molecule has 3 atom stereocenters. The van der Waals surface area contributed by atoms with E-state index in [4.69, 9.17) is 4.74 Å². The van der Waals surface area contributed by atoms with Crippen LogP contribution in [-0.4, -0.2) is 65.6 Å². The van der Waals surface area contributed by atoms with Crippen LogP contribution in [0.15, 0.2) is 72.8 Å². The van der Waals surface area contributed by atoms with E-state index in [0.29, 0.717) is 30.1 Å². The summed E-state index contributed by atoms with van der Waals surface area (Å²) in [5.41, 5.74) is 4.60. The molecule has 3 aromatic carbocycles. The van der Waals surface area contributed by atoms with E-state index in [-0.39, 0.29) is 42.4 Å². The van der Waals surface area contributed by atoms with E-state index in [1.54, 1.807) is 23.1 Å². The molecule has 1 heterocycles. The van der Waals surface area contributed by atoms with Crippen LogP contribution in [0, 0.1) is 11.8 Å². The molecule has 3 aromatic rings. The van der Waals surface area contributed by atoms with E-state index in [0.717, 1.165) is 19.4 Å². The van der Waals surface area contributed by atoms with Gasteiger partial charge in [-0.1, -0.05) is 61.5 Å². The van der Waals surface area contributed by atoms with Crippen LogP contribution in [0.3, 0.4) is 0 Å². The number of aliphatic hydroxyl groups is 1. The number of nitrogens with zero attached hydrogens (tertiary/aromatic N) is 2. The van der Waals surface area contributed by atoms with Gasteiger partial charge in [0.1, 0.15) is 11.9 Å². The Bertz CT molecular complexity index is 1320. The maximum absolute atomic E-state index is 13.6. The zero-order chi connectivity index (χ0) is 28.2. The van der Waals surface area contributed by atoms with E-state index < -0.39 is 0 Å². The zero-order valence-electron chi connectivity index (χ0n) is 23.5. The van der Waals surface area contributed by atoms with Crippen LogP contribution in [0.2, 0.25) is 0 Å². The van der Waals surface area contributed by atoms with Gasteiger partial charge in [0.15, 0.2) is 0 Å². The number of nitrogens with one attached hydrogen (secondary N) is 1. The van der Waals surface area contributed by atoms with Gasteiger partial charge in [-0.25, -0.2) is 0 Å². The summed E-state index contributed by atoms with van der Waals surface area (Å²) < 4.78 is 6.52. The molecule has 2 amide bonds. The number of carbonyl (C=O) groups is 2. The Morgan fingerprint density at radius 2 is 1.77 bits per heavy atom. The highest BCUT2D eigenvalue weighted by Gasteiger charge is 2.34. The molecule has 0 unspecified atom stereocenters. The minimum absolute atomic E-state index is 0.00957. The van der Waals surface area contributed by atoms with E-state index in [1.165, 1.54) is 16.7 Å². The molecule has 1 saturated carbocycles. The lowest BCUT2D eigenvalue weighted by Gasteiger charge is -2.38. The van der Waals surface area contributed by atoms with Gasteiger partial charge < -0.3 is 20.1 Å². The molecule has 7 heteroatoms. The second kappa shape index (κ2) is 12.2. The maximum atomic E-state index is 13.6. The Morgan fingerprint density at radius 1 is 1.07 bits per heavy atom. The molecule has 1 aliphatic heterocycles. The van der Waals surface area contributed by atoms with Gasteiger partial charge in [-0.2, -0.15) is 0 Å². The molecule has 1 aliphatic carbocycles. The van der Waals surface area contributed by atoms with Crippen LogP contribution >= 0.6 is 0 Å². The molecule has 0 spiro atoms. The van der Waals surface area contributed by atoms with Gasteiger partial charge in [0.05, 0.1) is 18.2 Å². The lowest BCUT2D eigenvalue weighted by atomic mass is 9.99. The summed E-state index contributed by atoms with van der Waals surface area (Å²) in [7, 11) is 2.08. The van der Waals surface area contributed by atoms with E-state index in [1.807, 2.05) is 25.1 Å². The van der Waals surface area contributed by atoms with Crippen molar-refractivity contribution in [3.63, 3.8) is 0 Å². The van der Waals surface area contributed by atoms with Crippen molar-refractivity contribution in [2.45, 2.75) is 45.4 Å². The summed E-state index contributed by atoms with van der Waals surface area (Å²) in [5, 5.41) is 12.9. The average molecular weight is 542 g/mol. The van der Waals surface area contributed by atoms with Crippen molar-refractivity contribution >= 4 is 17.5 Å². The van der Waals surface area contributed by atoms with Crippen LogP contribution in [0.4, 0.5) is 5.69 Å². The molecule has 0 aromatic heterocycles. The fraction of sp³-hybridized carbons (Fsp3) is 0.394. The lowest BCUT2D eigenvalue weighted by Crippen LogP contribution is -2.49. The highest BCUT2D eigenvalue weighted by Crippen LogP contribution is 2.33. The van der Waals surface area contributed by atoms with Crippen LogP contribution in [0.25, 0.3) is 11.1 Å². The Morgan fingerprint density at radius 3 is 2.45 bits per heavy atom. The van der Waals surface area contributed by atoms with Crippen molar-refractivity contribution in [3.05, 3.63) is 83.9 Å². The number of fused-ring (bicyclic) bond motifs is 1. The number of ether oxygens (including phenoxy) is 1. The predicted octanol–water partition coefficient (Wildman–Crippen LogP) is 5.05. The maximum Gasteiger partial charge on any atom is 0.258 e. The topological polar surface area (TPSA) is 82.1 Å². The number of hydrogen-bond acceptors (Lipinski definition) is 5. The lowest BCUT2D eigenvalue weighted by molar-refractivity contribution is -0.117. The van der Waals surface area contributed by atoms with E-state index >= 15 is 0 Å². The number of aliphatic hydroxyl groups excluding tert-OH is 1. The van der Waals surface area contributed by atoms with Crippen molar-refractivity contribution in [2.24, 2.45) is 11.8 Å². The Balaban J connectivity index is 1.33. The van der Waals surface area contributed by atoms with Crippen LogP contribution in [0.1, 0.15) is 42.6 Å². The molecule has 0 bridgehead atoms. The largest absolute Gasteiger partial charge is 0.488 e. The van der Waals surface area contributed by atoms with E-state index in [9.17, 15) is 14.7 Å². The molecular weight excluding hydrogens is 502 g/mol. The number of benzene rings is 3. The molecule has 2 aliphatic rings. The first-order valence-electron chi connectivity index (χ1n) is 14.2. The minimum Gasteiger partial charge on any atom is -0.488 e. The van der Waals surface area contributed by atoms with Crippen molar-refractivity contribution in [3.8, 4) is 16.9 Å². The smallest absolute Gasteiger partial charge is 0.258 e. The molecule has 40 heavy (non-hydrogen) atoms. The molecular formula is C33H39N3O4. The van der Waals surface area contributed by atoms with E-state index in [2.05, 4.69) is 60.6 Å². The van der Waals surface area contributed by atoms with Crippen LogP contribution < -0.4 is 10.1 Å². The molecule has 210 valence electrons. The van der Waals surface area contributed by atoms with Crippen LogP contribution in [-0.2, 0) is 11.3 Å². The van der Waals surface area contributed by atoms with Gasteiger partial charge in [-0.15, -0.1) is 0 Å². The quantitative estimate of drug-likeness (QED) is 0.396. The predicted molar refractivity (Wildman–Crippen MR) is 157 cm³/mol. The number of rotatable bonds is 9. The summed E-state index contributed by atoms with van der Waals surface area (Å²) in [4.78, 5) is 30.0. The molecule has 1 fully saturated rings. The summed E-state index contributed by atoms with van der Waals surface area (Å²) >= 11 is 0. The second-order valence-corrected chi connectivity index (χ2v) is 11.4. The van der Waals surface area contributed by atoms with Crippen molar-refractivity contribution in [1.29, 1.82) is 0 Å². The zero-order valence-corrected chi connectivity index (χ0v) is 23.5. The number of amides is 2. The standard InChI is InChI=1S/C33H39N3O4/c1-22-18-36(23(2)21-37)33(39)29-17-28(34-32(38)27-13-14-27)15-16-30(29)40-31(22)20-35(3)19-24-9-11-26(12-10-24)25-7-5-4-6-8-25/h4-12,15-17,22-23,27,31,37H,13-14,18-21H2,1-3H3,(H,34,38)/t22-,23-,31-/m1/s1. The number of carbonyl (C=O) groups excluding carboxylic acids is 2.